The molecule has 3 aromatic carbocycles. The smallest absolute Gasteiger partial charge is 0.331 e. The second-order valence-corrected chi connectivity index (χ2v) is 14.7. The number of aliphatic hydroxyl groups is 2. The zero-order valence-corrected chi connectivity index (χ0v) is 32.8. The minimum atomic E-state index is -0.588. The van der Waals surface area contributed by atoms with E-state index in [1.54, 1.807) is 21.3 Å². The number of rotatable bonds is 19. The number of likely N-dealkylation sites (N-methyl/N-ethyl adjacent to an activating group) is 1. The Kier molecular flexibility index (Phi) is 15.1. The van der Waals surface area contributed by atoms with Gasteiger partial charge in [-0.3, -0.25) is 0 Å². The van der Waals surface area contributed by atoms with Crippen LogP contribution in [0.5, 0.6) is 17.2 Å². The van der Waals surface area contributed by atoms with Crippen molar-refractivity contribution in [2.24, 2.45) is 0 Å². The highest BCUT2D eigenvalue weighted by Gasteiger charge is 2.39. The van der Waals surface area contributed by atoms with Crippen LogP contribution in [0.3, 0.4) is 0 Å². The number of quaternary nitrogens is 2. The quantitative estimate of drug-likeness (QED) is 0.0783. The molecule has 0 aromatic heterocycles. The van der Waals surface area contributed by atoms with Gasteiger partial charge in [0.25, 0.3) is 0 Å². The van der Waals surface area contributed by atoms with E-state index in [1.807, 2.05) is 30.3 Å². The Morgan fingerprint density at radius 1 is 0.764 bits per heavy atom. The first-order chi connectivity index (χ1) is 26.6. The molecule has 298 valence electrons. The summed E-state index contributed by atoms with van der Waals surface area (Å²) in [5, 5.41) is 20.0. The van der Waals surface area contributed by atoms with Gasteiger partial charge in [-0.15, -0.1) is 0 Å². The maximum atomic E-state index is 12.6. The molecule has 3 aromatic rings. The van der Waals surface area contributed by atoms with Crippen LogP contribution in [0, 0.1) is 0 Å². The van der Waals surface area contributed by atoms with Crippen LogP contribution < -0.4 is 14.2 Å². The summed E-state index contributed by atoms with van der Waals surface area (Å²) in [6.45, 7) is 6.50. The van der Waals surface area contributed by atoms with E-state index in [0.717, 1.165) is 95.7 Å². The Bertz CT molecular complexity index is 1750. The Labute approximate surface area is 325 Å². The number of carbonyl (C=O) groups excluding carboxylic acids is 2. The molecule has 0 amide bonds. The van der Waals surface area contributed by atoms with Crippen molar-refractivity contribution in [1.82, 2.24) is 0 Å². The number of benzene rings is 3. The molecule has 0 unspecified atom stereocenters. The van der Waals surface area contributed by atoms with E-state index >= 15 is 0 Å². The molecule has 2 N–H and O–H groups in total. The summed E-state index contributed by atoms with van der Waals surface area (Å²) in [5.41, 5.74) is 6.16. The lowest BCUT2D eigenvalue weighted by Gasteiger charge is -2.46. The van der Waals surface area contributed by atoms with Crippen LogP contribution in [0.15, 0.2) is 66.7 Å². The zero-order valence-electron chi connectivity index (χ0n) is 32.8. The zero-order chi connectivity index (χ0) is 39.3. The molecule has 55 heavy (non-hydrogen) atoms. The van der Waals surface area contributed by atoms with Crippen molar-refractivity contribution in [3.8, 4) is 17.2 Å². The van der Waals surface area contributed by atoms with E-state index < -0.39 is 11.9 Å². The maximum Gasteiger partial charge on any atom is 0.331 e. The minimum Gasteiger partial charge on any atom is -0.497 e. The number of hydrogen-bond donors (Lipinski definition) is 2. The normalized spacial score (nSPS) is 19.1. The van der Waals surface area contributed by atoms with Crippen molar-refractivity contribution < 1.29 is 57.2 Å². The van der Waals surface area contributed by atoms with E-state index in [0.29, 0.717) is 37.6 Å². The topological polar surface area (TPSA) is 130 Å². The first kappa shape index (κ1) is 41.7. The van der Waals surface area contributed by atoms with Crippen LogP contribution >= 0.6 is 0 Å². The van der Waals surface area contributed by atoms with Gasteiger partial charge in [0.15, 0.2) is 11.5 Å². The van der Waals surface area contributed by atoms with Crippen LogP contribution in [0.4, 0.5) is 0 Å². The van der Waals surface area contributed by atoms with Crippen LogP contribution in [-0.2, 0) is 56.4 Å². The third-order valence-corrected chi connectivity index (χ3v) is 11.2. The summed E-state index contributed by atoms with van der Waals surface area (Å²) in [6.07, 6.45) is 5.16. The Morgan fingerprint density at radius 2 is 1.38 bits per heavy atom. The second kappa shape index (κ2) is 19.9. The number of ether oxygens (including phenoxy) is 6. The molecule has 0 spiro atoms. The monoisotopic (exact) mass is 762 g/mol. The van der Waals surface area contributed by atoms with E-state index in [1.165, 1.54) is 16.7 Å². The molecule has 5 rings (SSSR count). The average Bonchev–Trinajstić information content (AvgIpc) is 3.21. The summed E-state index contributed by atoms with van der Waals surface area (Å²) >= 11 is 0. The van der Waals surface area contributed by atoms with Gasteiger partial charge in [-0.1, -0.05) is 18.2 Å². The van der Waals surface area contributed by atoms with Gasteiger partial charge in [-0.25, -0.2) is 9.59 Å². The highest BCUT2D eigenvalue weighted by molar-refractivity contribution is 5.91. The van der Waals surface area contributed by atoms with Crippen LogP contribution in [0.1, 0.15) is 52.3 Å². The number of methoxy groups -OCH3 is 3. The highest BCUT2D eigenvalue weighted by atomic mass is 16.5. The van der Waals surface area contributed by atoms with E-state index in [-0.39, 0.29) is 32.5 Å². The summed E-state index contributed by atoms with van der Waals surface area (Å²) in [5.74, 6) is 1.01. The molecule has 0 aliphatic carbocycles. The SMILES string of the molecule is COc1ccc(C[C@@H]2c3cc(CO)c(CO)cc3CC[N@@+]2(C)CCCOC(=O)/C=C\C(=O)OCCC[N+]2(Cc3ccc(OC)c(OC)c3)CCOCC2)cc1. The molecule has 1 saturated heterocycles. The number of morpholine rings is 1. The maximum absolute atomic E-state index is 12.6. The summed E-state index contributed by atoms with van der Waals surface area (Å²) < 4.78 is 34.4. The molecule has 2 atom stereocenters. The standard InChI is InChI=1S/C43H58N2O10/c1-44(18-15-34-27-35(30-46)36(31-47)28-38(34)39(44)25-32-7-10-37(50-2)11-8-32)16-5-21-54-42(48)13-14-43(49)55-22-6-17-45(19-23-53-24-20-45)29-33-9-12-40(51-3)41(26-33)52-4/h7-14,26-28,39,46-47H,5-6,15-25,29-31H2,1-4H3/q+2/b14-13-/t39-,44-/m1/s1. The molecular weight excluding hydrogens is 704 g/mol. The number of hydrogen-bond acceptors (Lipinski definition) is 10. The lowest BCUT2D eigenvalue weighted by Crippen LogP contribution is -2.55. The van der Waals surface area contributed by atoms with Gasteiger partial charge in [-0.2, -0.15) is 0 Å². The van der Waals surface area contributed by atoms with Gasteiger partial charge in [-0.05, 0) is 58.7 Å². The predicted octanol–water partition coefficient (Wildman–Crippen LogP) is 4.45. The number of fused-ring (bicyclic) bond motifs is 1. The number of esters is 2. The Morgan fingerprint density at radius 3 is 2.00 bits per heavy atom. The summed E-state index contributed by atoms with van der Waals surface area (Å²) in [7, 11) is 7.13. The lowest BCUT2D eigenvalue weighted by molar-refractivity contribution is -0.947. The molecule has 0 saturated carbocycles. The number of carbonyl (C=O) groups is 2. The van der Waals surface area contributed by atoms with Gasteiger partial charge >= 0.3 is 11.9 Å². The first-order valence-corrected chi connectivity index (χ1v) is 19.1. The van der Waals surface area contributed by atoms with Crippen molar-refractivity contribution >= 4 is 11.9 Å². The fourth-order valence-corrected chi connectivity index (χ4v) is 7.99. The van der Waals surface area contributed by atoms with Gasteiger partial charge < -0.3 is 47.6 Å². The van der Waals surface area contributed by atoms with Crippen molar-refractivity contribution in [1.29, 1.82) is 0 Å². The van der Waals surface area contributed by atoms with Crippen molar-refractivity contribution in [3.05, 3.63) is 100 Å². The van der Waals surface area contributed by atoms with Crippen LogP contribution in [0.25, 0.3) is 0 Å². The van der Waals surface area contributed by atoms with Gasteiger partial charge in [0, 0.05) is 49.0 Å². The Balaban J connectivity index is 1.10. The Hall–Kier alpha value is -4.46. The molecule has 2 aliphatic rings. The fraction of sp³-hybridized carbons (Fsp3) is 0.488. The van der Waals surface area contributed by atoms with Crippen molar-refractivity contribution in [2.45, 2.75) is 51.5 Å². The van der Waals surface area contributed by atoms with E-state index in [2.05, 4.69) is 31.3 Å². The predicted molar refractivity (Wildman–Crippen MR) is 207 cm³/mol. The molecule has 12 nitrogen and oxygen atoms in total. The summed E-state index contributed by atoms with van der Waals surface area (Å²) in [4.78, 5) is 25.0. The van der Waals surface area contributed by atoms with E-state index in [4.69, 9.17) is 28.4 Å². The second-order valence-electron chi connectivity index (χ2n) is 14.7. The molecule has 2 heterocycles. The number of nitrogens with zero attached hydrogens (tertiary/aromatic N) is 2. The van der Waals surface area contributed by atoms with Crippen molar-refractivity contribution in [2.75, 3.05) is 87.5 Å². The van der Waals surface area contributed by atoms with Crippen molar-refractivity contribution in [3.63, 3.8) is 0 Å². The number of aliphatic hydroxyl groups excluding tert-OH is 2. The van der Waals surface area contributed by atoms with Gasteiger partial charge in [0.05, 0.1) is 87.7 Å². The highest BCUT2D eigenvalue weighted by Crippen LogP contribution is 2.39. The molecule has 0 bridgehead atoms. The molecule has 12 heteroatoms. The molecule has 1 fully saturated rings. The van der Waals surface area contributed by atoms with Gasteiger partial charge in [0.1, 0.15) is 31.4 Å². The minimum absolute atomic E-state index is 0.0895. The van der Waals surface area contributed by atoms with E-state index in [9.17, 15) is 19.8 Å². The third-order valence-electron chi connectivity index (χ3n) is 11.2. The average molecular weight is 763 g/mol. The molecule has 0 radical (unpaired) electrons. The fourth-order valence-electron chi connectivity index (χ4n) is 7.99. The largest absolute Gasteiger partial charge is 0.497 e. The molecule has 2 aliphatic heterocycles. The summed E-state index contributed by atoms with van der Waals surface area (Å²) in [6, 6.07) is 18.2. The van der Waals surface area contributed by atoms with Crippen LogP contribution in [-0.4, -0.2) is 119 Å². The van der Waals surface area contributed by atoms with Gasteiger partial charge in [0.2, 0.25) is 0 Å². The third kappa shape index (κ3) is 11.1. The van der Waals surface area contributed by atoms with Crippen LogP contribution in [0.2, 0.25) is 0 Å². The molecular formula is C43H58N2O10+2. The first-order valence-electron chi connectivity index (χ1n) is 19.1. The lowest BCUT2D eigenvalue weighted by atomic mass is 9.84.